The maximum Gasteiger partial charge on any atom is 0.0722 e. The molecule has 0 atom stereocenters. The van der Waals surface area contributed by atoms with Crippen LogP contribution in [0.15, 0.2) is 170 Å². The molecule has 0 spiro atoms. The molecule has 282 valence electrons. The Kier molecular flexibility index (Phi) is 8.24. The molecule has 0 unspecified atom stereocenters. The molecule has 2 aromatic heterocycles. The van der Waals surface area contributed by atoms with Crippen molar-refractivity contribution < 1.29 is 0 Å². The molecule has 58 heavy (non-hydrogen) atoms. The summed E-state index contributed by atoms with van der Waals surface area (Å²) in [5, 5.41) is 9.66. The molecule has 0 aliphatic heterocycles. The van der Waals surface area contributed by atoms with Gasteiger partial charge < -0.3 is 9.80 Å². The first kappa shape index (κ1) is 35.6. The monoisotopic (exact) mass is 750 g/mol. The lowest BCUT2D eigenvalue weighted by molar-refractivity contribution is 0.591. The SMILES string of the molecule is CC(C)(C)c1cc2cc(N(c3ccccc3)c3ccc4cccnc4c3)c3cc(C(C)(C)C)cc4cc(N(c5ccccc5)c5ccc6cccnc6c5)c(c1)c2c43. The molecule has 0 N–H and O–H groups in total. The number of rotatable bonds is 6. The van der Waals surface area contributed by atoms with E-state index in [0.29, 0.717) is 0 Å². The molecule has 4 heteroatoms. The average Bonchev–Trinajstić information content (AvgIpc) is 3.23. The quantitative estimate of drug-likeness (QED) is 0.158. The normalized spacial score (nSPS) is 12.3. The Hall–Kier alpha value is -6.78. The highest BCUT2D eigenvalue weighted by atomic mass is 15.2. The highest BCUT2D eigenvalue weighted by Gasteiger charge is 2.27. The zero-order valence-corrected chi connectivity index (χ0v) is 34.0. The third kappa shape index (κ3) is 6.08. The third-order valence-corrected chi connectivity index (χ3v) is 11.7. The number of nitrogens with zero attached hydrogens (tertiary/aromatic N) is 4. The minimum atomic E-state index is -0.102. The largest absolute Gasteiger partial charge is 0.310 e. The molecule has 8 aromatic carbocycles. The fraction of sp³-hybridized carbons (Fsp3) is 0.148. The van der Waals surface area contributed by atoms with Gasteiger partial charge in [-0.2, -0.15) is 0 Å². The average molecular weight is 751 g/mol. The van der Waals surface area contributed by atoms with Crippen LogP contribution in [0.25, 0.3) is 54.1 Å². The van der Waals surface area contributed by atoms with Crippen LogP contribution >= 0.6 is 0 Å². The molecule has 0 fully saturated rings. The van der Waals surface area contributed by atoms with E-state index in [1.807, 2.05) is 24.5 Å². The molecule has 0 bridgehead atoms. The second-order valence-electron chi connectivity index (χ2n) is 17.6. The summed E-state index contributed by atoms with van der Waals surface area (Å²) in [6.07, 6.45) is 3.76. The van der Waals surface area contributed by atoms with Crippen LogP contribution in [0.1, 0.15) is 52.7 Å². The van der Waals surface area contributed by atoms with E-state index in [1.54, 1.807) is 0 Å². The maximum atomic E-state index is 4.79. The number of aromatic nitrogens is 2. The Balaban J connectivity index is 1.35. The van der Waals surface area contributed by atoms with Gasteiger partial charge in [-0.25, -0.2) is 0 Å². The van der Waals surface area contributed by atoms with Crippen molar-refractivity contribution in [2.45, 2.75) is 52.4 Å². The number of pyridine rings is 2. The van der Waals surface area contributed by atoms with Crippen molar-refractivity contribution in [2.24, 2.45) is 0 Å². The highest BCUT2D eigenvalue weighted by molar-refractivity contribution is 6.30. The van der Waals surface area contributed by atoms with Gasteiger partial charge in [0.15, 0.2) is 0 Å². The van der Waals surface area contributed by atoms with Crippen LogP contribution < -0.4 is 9.80 Å². The summed E-state index contributed by atoms with van der Waals surface area (Å²) in [6.45, 7) is 13.9. The Morgan fingerprint density at radius 3 is 1.17 bits per heavy atom. The van der Waals surface area contributed by atoms with E-state index in [0.717, 1.165) is 55.9 Å². The minimum Gasteiger partial charge on any atom is -0.310 e. The maximum absolute atomic E-state index is 4.79. The molecule has 0 radical (unpaired) electrons. The van der Waals surface area contributed by atoms with Crippen molar-refractivity contribution in [1.82, 2.24) is 9.97 Å². The smallest absolute Gasteiger partial charge is 0.0722 e. The summed E-state index contributed by atoms with van der Waals surface area (Å²) >= 11 is 0. The molecule has 0 saturated heterocycles. The summed E-state index contributed by atoms with van der Waals surface area (Å²) < 4.78 is 0. The number of fused-ring (bicyclic) bond motifs is 2. The van der Waals surface area contributed by atoms with Crippen LogP contribution in [0.3, 0.4) is 0 Å². The van der Waals surface area contributed by atoms with Crippen LogP contribution in [-0.4, -0.2) is 9.97 Å². The Morgan fingerprint density at radius 1 is 0.362 bits per heavy atom. The van der Waals surface area contributed by atoms with Crippen molar-refractivity contribution in [3.05, 3.63) is 181 Å². The number of hydrogen-bond donors (Lipinski definition) is 0. The van der Waals surface area contributed by atoms with Crippen molar-refractivity contribution in [2.75, 3.05) is 9.80 Å². The van der Waals surface area contributed by atoms with Gasteiger partial charge in [0.2, 0.25) is 0 Å². The van der Waals surface area contributed by atoms with Crippen LogP contribution in [0.4, 0.5) is 34.1 Å². The lowest BCUT2D eigenvalue weighted by atomic mass is 9.80. The zero-order valence-electron chi connectivity index (χ0n) is 34.0. The molecule has 0 saturated carbocycles. The molecule has 0 amide bonds. The van der Waals surface area contributed by atoms with Gasteiger partial charge in [0, 0.05) is 56.7 Å². The number of benzene rings is 8. The third-order valence-electron chi connectivity index (χ3n) is 11.7. The summed E-state index contributed by atoms with van der Waals surface area (Å²) in [6, 6.07) is 57.8. The van der Waals surface area contributed by atoms with Gasteiger partial charge in [-0.3, -0.25) is 9.97 Å². The van der Waals surface area contributed by atoms with Crippen molar-refractivity contribution in [3.63, 3.8) is 0 Å². The number of para-hydroxylation sites is 2. The van der Waals surface area contributed by atoms with Gasteiger partial charge in [0.25, 0.3) is 0 Å². The topological polar surface area (TPSA) is 32.3 Å². The molecule has 2 heterocycles. The Labute approximate surface area is 340 Å². The van der Waals surface area contributed by atoms with E-state index < -0.39 is 0 Å². The molecule has 10 aromatic rings. The summed E-state index contributed by atoms with van der Waals surface area (Å²) in [7, 11) is 0. The van der Waals surface area contributed by atoms with Crippen molar-refractivity contribution in [1.29, 1.82) is 0 Å². The Morgan fingerprint density at radius 2 is 0.776 bits per heavy atom. The zero-order chi connectivity index (χ0) is 39.8. The lowest BCUT2D eigenvalue weighted by Gasteiger charge is -2.32. The number of anilines is 6. The van der Waals surface area contributed by atoms with Crippen LogP contribution in [0, 0.1) is 0 Å². The predicted molar refractivity (Wildman–Crippen MR) is 248 cm³/mol. The molecular weight excluding hydrogens is 705 g/mol. The molecular formula is C54H46N4. The van der Waals surface area contributed by atoms with Crippen LogP contribution in [0.2, 0.25) is 0 Å². The molecule has 0 aliphatic carbocycles. The summed E-state index contributed by atoms with van der Waals surface area (Å²) in [4.78, 5) is 14.4. The first-order chi connectivity index (χ1) is 28.0. The van der Waals surface area contributed by atoms with E-state index in [4.69, 9.17) is 9.97 Å². The number of hydrogen-bond acceptors (Lipinski definition) is 4. The molecule has 4 nitrogen and oxygen atoms in total. The van der Waals surface area contributed by atoms with E-state index >= 15 is 0 Å². The van der Waals surface area contributed by atoms with Crippen LogP contribution in [-0.2, 0) is 10.8 Å². The Bertz CT molecular complexity index is 2920. The van der Waals surface area contributed by atoms with E-state index in [-0.39, 0.29) is 10.8 Å². The van der Waals surface area contributed by atoms with Crippen LogP contribution in [0.5, 0.6) is 0 Å². The predicted octanol–water partition coefficient (Wildman–Crippen LogP) is 15.2. The summed E-state index contributed by atoms with van der Waals surface area (Å²) in [5.74, 6) is 0. The van der Waals surface area contributed by atoms with Crippen molar-refractivity contribution >= 4 is 88.2 Å². The van der Waals surface area contributed by atoms with E-state index in [2.05, 4.69) is 197 Å². The van der Waals surface area contributed by atoms with Gasteiger partial charge in [-0.05, 0) is 128 Å². The second-order valence-corrected chi connectivity index (χ2v) is 17.6. The minimum absolute atomic E-state index is 0.102. The van der Waals surface area contributed by atoms with E-state index in [1.165, 1.54) is 43.4 Å². The lowest BCUT2D eigenvalue weighted by Crippen LogP contribution is -2.15. The van der Waals surface area contributed by atoms with Gasteiger partial charge in [-0.1, -0.05) is 114 Å². The van der Waals surface area contributed by atoms with E-state index in [9.17, 15) is 0 Å². The standard InChI is InChI=1S/C54H46N4/c1-53(2,3)39-27-37-29-50(58(42-19-11-8-12-20-42)44-24-22-36-16-14-26-56-48(36)34-44)46-32-40(54(4,5)6)28-38-30-49(45(31-39)51(37)52(38)46)57(41-17-9-7-10-18-41)43-23-21-35-15-13-25-55-47(35)33-43/h7-34H,1-6H3. The highest BCUT2D eigenvalue weighted by Crippen LogP contribution is 2.51. The molecule has 0 aliphatic rings. The van der Waals surface area contributed by atoms with Gasteiger partial charge in [-0.15, -0.1) is 0 Å². The second kappa shape index (κ2) is 13.4. The molecule has 10 rings (SSSR count). The van der Waals surface area contributed by atoms with Gasteiger partial charge in [0.1, 0.15) is 0 Å². The fourth-order valence-corrected chi connectivity index (χ4v) is 8.60. The first-order valence-corrected chi connectivity index (χ1v) is 20.2. The summed E-state index contributed by atoms with van der Waals surface area (Å²) in [5.41, 5.74) is 10.9. The fourth-order valence-electron chi connectivity index (χ4n) is 8.60. The van der Waals surface area contributed by atoms with Gasteiger partial charge in [0.05, 0.1) is 22.4 Å². The van der Waals surface area contributed by atoms with Gasteiger partial charge >= 0.3 is 0 Å². The first-order valence-electron chi connectivity index (χ1n) is 20.2. The van der Waals surface area contributed by atoms with Crippen molar-refractivity contribution in [3.8, 4) is 0 Å².